The van der Waals surface area contributed by atoms with Crippen LogP contribution in [0.3, 0.4) is 0 Å². The Balaban J connectivity index is 1.84. The summed E-state index contributed by atoms with van der Waals surface area (Å²) in [6, 6.07) is 21.7. The number of benzene rings is 3. The van der Waals surface area contributed by atoms with E-state index in [9.17, 15) is 19.5 Å². The summed E-state index contributed by atoms with van der Waals surface area (Å²) in [6.45, 7) is 5.19. The number of aliphatic hydroxyl groups is 1. The summed E-state index contributed by atoms with van der Waals surface area (Å²) >= 11 is 0. The zero-order valence-corrected chi connectivity index (χ0v) is 19.7. The smallest absolute Gasteiger partial charge is 0.300 e. The molecular formula is C28H26N2O5. The number of ketones is 1. The summed E-state index contributed by atoms with van der Waals surface area (Å²) in [5.74, 6) is -1.47. The molecule has 0 aliphatic carbocycles. The minimum atomic E-state index is -0.836. The highest BCUT2D eigenvalue weighted by Gasteiger charge is 2.46. The van der Waals surface area contributed by atoms with Crippen LogP contribution >= 0.6 is 0 Å². The number of carbonyl (C=O) groups excluding carboxylic acids is 3. The number of aliphatic hydroxyl groups excluding tert-OH is 1. The molecule has 1 heterocycles. The van der Waals surface area contributed by atoms with Crippen molar-refractivity contribution in [2.24, 2.45) is 0 Å². The van der Waals surface area contributed by atoms with Gasteiger partial charge >= 0.3 is 0 Å². The average molecular weight is 471 g/mol. The van der Waals surface area contributed by atoms with Crippen LogP contribution in [0.1, 0.15) is 37.9 Å². The van der Waals surface area contributed by atoms with Crippen LogP contribution in [0.2, 0.25) is 0 Å². The molecule has 0 bridgehead atoms. The molecule has 178 valence electrons. The summed E-state index contributed by atoms with van der Waals surface area (Å²) in [6.07, 6.45) is -0.0669. The molecule has 35 heavy (non-hydrogen) atoms. The van der Waals surface area contributed by atoms with Gasteiger partial charge < -0.3 is 15.2 Å². The molecule has 2 N–H and O–H groups in total. The molecule has 0 aromatic heterocycles. The van der Waals surface area contributed by atoms with E-state index in [0.29, 0.717) is 28.3 Å². The molecule has 2 amide bonds. The Morgan fingerprint density at radius 2 is 1.66 bits per heavy atom. The summed E-state index contributed by atoms with van der Waals surface area (Å²) in [5.41, 5.74) is 2.08. The highest BCUT2D eigenvalue weighted by Crippen LogP contribution is 2.42. The summed E-state index contributed by atoms with van der Waals surface area (Å²) < 4.78 is 5.73. The van der Waals surface area contributed by atoms with Gasteiger partial charge in [0.25, 0.3) is 11.7 Å². The van der Waals surface area contributed by atoms with Gasteiger partial charge in [0.1, 0.15) is 11.5 Å². The number of anilines is 2. The molecular weight excluding hydrogens is 444 g/mol. The van der Waals surface area contributed by atoms with Gasteiger partial charge in [-0.3, -0.25) is 19.3 Å². The van der Waals surface area contributed by atoms with Gasteiger partial charge in [0.15, 0.2) is 0 Å². The third-order valence-corrected chi connectivity index (χ3v) is 5.50. The van der Waals surface area contributed by atoms with E-state index in [1.54, 1.807) is 60.7 Å². The first-order valence-corrected chi connectivity index (χ1v) is 11.3. The van der Waals surface area contributed by atoms with Crippen molar-refractivity contribution in [3.8, 4) is 5.75 Å². The van der Waals surface area contributed by atoms with Crippen molar-refractivity contribution >= 4 is 34.7 Å². The Morgan fingerprint density at radius 3 is 2.29 bits per heavy atom. The van der Waals surface area contributed by atoms with E-state index in [-0.39, 0.29) is 23.3 Å². The van der Waals surface area contributed by atoms with Crippen molar-refractivity contribution in [2.45, 2.75) is 32.9 Å². The Kier molecular flexibility index (Phi) is 6.68. The van der Waals surface area contributed by atoms with Gasteiger partial charge in [-0.15, -0.1) is 0 Å². The zero-order valence-electron chi connectivity index (χ0n) is 19.7. The second kappa shape index (κ2) is 9.85. The minimum absolute atomic E-state index is 0.00571. The first-order chi connectivity index (χ1) is 16.8. The third-order valence-electron chi connectivity index (χ3n) is 5.50. The Hall–Kier alpha value is -4.39. The number of hydrogen-bond acceptors (Lipinski definition) is 5. The maximum Gasteiger partial charge on any atom is 0.300 e. The number of rotatable bonds is 6. The Bertz CT molecular complexity index is 1300. The van der Waals surface area contributed by atoms with Crippen LogP contribution < -0.4 is 15.0 Å². The zero-order chi connectivity index (χ0) is 25.1. The van der Waals surface area contributed by atoms with E-state index in [2.05, 4.69) is 5.32 Å². The fraction of sp³-hybridized carbons (Fsp3) is 0.179. The molecule has 3 aromatic carbocycles. The van der Waals surface area contributed by atoms with Gasteiger partial charge in [0, 0.05) is 23.9 Å². The Labute approximate surface area is 203 Å². The van der Waals surface area contributed by atoms with Gasteiger partial charge in [-0.1, -0.05) is 42.5 Å². The second-order valence-corrected chi connectivity index (χ2v) is 8.50. The van der Waals surface area contributed by atoms with Crippen LogP contribution in [-0.4, -0.2) is 28.8 Å². The number of amides is 2. The fourth-order valence-corrected chi connectivity index (χ4v) is 4.10. The van der Waals surface area contributed by atoms with Crippen molar-refractivity contribution in [3.05, 3.63) is 95.6 Å². The maximum absolute atomic E-state index is 13.3. The first-order valence-electron chi connectivity index (χ1n) is 11.3. The summed E-state index contributed by atoms with van der Waals surface area (Å²) in [5, 5.41) is 14.0. The topological polar surface area (TPSA) is 95.9 Å². The van der Waals surface area contributed by atoms with Crippen LogP contribution in [-0.2, 0) is 14.4 Å². The molecule has 1 aliphatic heterocycles. The largest absolute Gasteiger partial charge is 0.507 e. The lowest BCUT2D eigenvalue weighted by Gasteiger charge is -2.25. The highest BCUT2D eigenvalue weighted by atomic mass is 16.5. The molecule has 1 atom stereocenters. The fourth-order valence-electron chi connectivity index (χ4n) is 4.10. The highest BCUT2D eigenvalue weighted by molar-refractivity contribution is 6.51. The predicted molar refractivity (Wildman–Crippen MR) is 134 cm³/mol. The van der Waals surface area contributed by atoms with E-state index in [1.165, 1.54) is 11.8 Å². The van der Waals surface area contributed by atoms with Gasteiger partial charge in [-0.25, -0.2) is 0 Å². The summed E-state index contributed by atoms with van der Waals surface area (Å²) in [7, 11) is 0. The number of nitrogens with one attached hydrogen (secondary N) is 1. The number of hydrogen-bond donors (Lipinski definition) is 2. The standard InChI is InChI=1S/C28H26N2O5/c1-17(2)35-23-11-7-10-20(16-23)26(32)24-25(19-8-5-4-6-9-19)30(28(34)27(24)33)22-14-12-21(13-15-22)29-18(3)31/h4-17,25,32H,1-3H3,(H,29,31)/b26-24-. The van der Waals surface area contributed by atoms with Gasteiger partial charge in [0.05, 0.1) is 17.7 Å². The quantitative estimate of drug-likeness (QED) is 0.298. The lowest BCUT2D eigenvalue weighted by Crippen LogP contribution is -2.29. The first kappa shape index (κ1) is 23.8. The molecule has 1 aliphatic rings. The van der Waals surface area contributed by atoms with Crippen LogP contribution in [0.5, 0.6) is 5.75 Å². The second-order valence-electron chi connectivity index (χ2n) is 8.50. The lowest BCUT2D eigenvalue weighted by molar-refractivity contribution is -0.132. The van der Waals surface area contributed by atoms with Crippen LogP contribution in [0.4, 0.5) is 11.4 Å². The number of nitrogens with zero attached hydrogens (tertiary/aromatic N) is 1. The summed E-state index contributed by atoms with van der Waals surface area (Å²) in [4.78, 5) is 39.2. The minimum Gasteiger partial charge on any atom is -0.507 e. The number of carbonyl (C=O) groups is 3. The number of ether oxygens (including phenoxy) is 1. The van der Waals surface area contributed by atoms with Crippen molar-refractivity contribution in [2.75, 3.05) is 10.2 Å². The number of Topliss-reactive ketones (excluding diaryl/α,β-unsaturated/α-hetero) is 1. The SMILES string of the molecule is CC(=O)Nc1ccc(N2C(=O)C(=O)/C(=C(\O)c3cccc(OC(C)C)c3)C2c2ccccc2)cc1. The van der Waals surface area contributed by atoms with E-state index in [1.807, 2.05) is 32.0 Å². The molecule has 1 fully saturated rings. The molecule has 0 saturated carbocycles. The van der Waals surface area contributed by atoms with Crippen molar-refractivity contribution in [1.82, 2.24) is 0 Å². The molecule has 3 aromatic rings. The van der Waals surface area contributed by atoms with Gasteiger partial charge in [-0.2, -0.15) is 0 Å². The van der Waals surface area contributed by atoms with Gasteiger partial charge in [-0.05, 0) is 55.8 Å². The van der Waals surface area contributed by atoms with Gasteiger partial charge in [0.2, 0.25) is 5.91 Å². The maximum atomic E-state index is 13.3. The van der Waals surface area contributed by atoms with Crippen molar-refractivity contribution in [1.29, 1.82) is 0 Å². The van der Waals surface area contributed by atoms with Crippen LogP contribution in [0, 0.1) is 0 Å². The molecule has 1 unspecified atom stereocenters. The van der Waals surface area contributed by atoms with Crippen LogP contribution in [0.15, 0.2) is 84.4 Å². The van der Waals surface area contributed by atoms with Crippen molar-refractivity contribution in [3.63, 3.8) is 0 Å². The van der Waals surface area contributed by atoms with E-state index < -0.39 is 17.7 Å². The average Bonchev–Trinajstić information content (AvgIpc) is 3.09. The Morgan fingerprint density at radius 1 is 0.971 bits per heavy atom. The van der Waals surface area contributed by atoms with E-state index in [0.717, 1.165) is 0 Å². The molecule has 0 spiro atoms. The molecule has 4 rings (SSSR count). The van der Waals surface area contributed by atoms with E-state index in [4.69, 9.17) is 4.74 Å². The monoisotopic (exact) mass is 470 g/mol. The van der Waals surface area contributed by atoms with Crippen molar-refractivity contribution < 1.29 is 24.2 Å². The van der Waals surface area contributed by atoms with E-state index >= 15 is 0 Å². The molecule has 7 nitrogen and oxygen atoms in total. The predicted octanol–water partition coefficient (Wildman–Crippen LogP) is 5.06. The normalized spacial score (nSPS) is 17.0. The molecule has 1 saturated heterocycles. The van der Waals surface area contributed by atoms with Crippen LogP contribution in [0.25, 0.3) is 5.76 Å². The molecule has 7 heteroatoms. The molecule has 0 radical (unpaired) electrons. The lowest BCUT2D eigenvalue weighted by atomic mass is 9.95. The third kappa shape index (κ3) is 4.94.